The summed E-state index contributed by atoms with van der Waals surface area (Å²) in [6.45, 7) is 5.54. The van der Waals surface area contributed by atoms with Gasteiger partial charge >= 0.3 is 0 Å². The summed E-state index contributed by atoms with van der Waals surface area (Å²) in [5.74, 6) is 1.37. The van der Waals surface area contributed by atoms with E-state index in [-0.39, 0.29) is 5.91 Å². The molecule has 1 atom stereocenters. The smallest absolute Gasteiger partial charge is 0.279 e. The monoisotopic (exact) mass is 327 g/mol. The molecule has 0 heterocycles. The fourth-order valence-corrected chi connectivity index (χ4v) is 2.58. The van der Waals surface area contributed by atoms with Crippen molar-refractivity contribution >= 4 is 11.6 Å². The van der Waals surface area contributed by atoms with E-state index < -0.39 is 0 Å². The minimum atomic E-state index is 0.0262. The molecule has 0 spiro atoms. The lowest BCUT2D eigenvalue weighted by atomic mass is 10.0. The molecule has 0 radical (unpaired) electrons. The second kappa shape index (κ2) is 8.50. The zero-order valence-electron chi connectivity index (χ0n) is 14.9. The van der Waals surface area contributed by atoms with Gasteiger partial charge in [-0.3, -0.25) is 4.79 Å². The number of quaternary nitrogens is 1. The van der Waals surface area contributed by atoms with Gasteiger partial charge in [0.2, 0.25) is 0 Å². The quantitative estimate of drug-likeness (QED) is 0.820. The number of ether oxygens (including phenoxy) is 1. The summed E-state index contributed by atoms with van der Waals surface area (Å²) in [6, 6.07) is 16.0. The molecule has 0 fully saturated rings. The fourth-order valence-electron chi connectivity index (χ4n) is 2.58. The first-order chi connectivity index (χ1) is 11.5. The molecule has 1 amide bonds. The molecular weight excluding hydrogens is 300 g/mol. The Kier molecular flexibility index (Phi) is 6.38. The summed E-state index contributed by atoms with van der Waals surface area (Å²) < 4.78 is 5.16. The predicted octanol–water partition coefficient (Wildman–Crippen LogP) is 2.47. The highest BCUT2D eigenvalue weighted by atomic mass is 16.5. The summed E-state index contributed by atoms with van der Waals surface area (Å²) in [5.41, 5.74) is 3.30. The number of hydrogen-bond acceptors (Lipinski definition) is 2. The van der Waals surface area contributed by atoms with Crippen molar-refractivity contribution in [3.8, 4) is 5.75 Å². The highest BCUT2D eigenvalue weighted by Crippen LogP contribution is 2.16. The Morgan fingerprint density at radius 1 is 1.08 bits per heavy atom. The average Bonchev–Trinajstić information content (AvgIpc) is 2.55. The zero-order valence-corrected chi connectivity index (χ0v) is 14.9. The van der Waals surface area contributed by atoms with Crippen molar-refractivity contribution in [2.75, 3.05) is 26.0 Å². The molecule has 2 N–H and O–H groups in total. The molecule has 4 heteroatoms. The molecular formula is C20H27N2O2+. The van der Waals surface area contributed by atoms with Gasteiger partial charge in [0.05, 0.1) is 14.2 Å². The van der Waals surface area contributed by atoms with Gasteiger partial charge in [0.25, 0.3) is 5.91 Å². The Bertz CT molecular complexity index is 648. The third-order valence-electron chi connectivity index (χ3n) is 3.99. The molecule has 2 rings (SSSR count). The van der Waals surface area contributed by atoms with Crippen LogP contribution in [0.3, 0.4) is 0 Å². The van der Waals surface area contributed by atoms with Gasteiger partial charge in [0, 0.05) is 11.3 Å². The van der Waals surface area contributed by atoms with E-state index in [9.17, 15) is 4.79 Å². The molecule has 4 nitrogen and oxygen atoms in total. The normalized spacial score (nSPS) is 12.0. The molecule has 0 saturated heterocycles. The molecule has 0 bridgehead atoms. The van der Waals surface area contributed by atoms with Crippen LogP contribution in [0.1, 0.15) is 30.9 Å². The van der Waals surface area contributed by atoms with E-state index in [1.54, 1.807) is 7.11 Å². The van der Waals surface area contributed by atoms with E-state index in [1.165, 1.54) is 11.1 Å². The Balaban J connectivity index is 1.84. The van der Waals surface area contributed by atoms with Crippen molar-refractivity contribution in [2.24, 2.45) is 0 Å². The largest absolute Gasteiger partial charge is 0.497 e. The summed E-state index contributed by atoms with van der Waals surface area (Å²) >= 11 is 0. The molecule has 2 aromatic rings. The summed E-state index contributed by atoms with van der Waals surface area (Å²) in [7, 11) is 3.68. The van der Waals surface area contributed by atoms with Crippen LogP contribution >= 0.6 is 0 Å². The molecule has 128 valence electrons. The van der Waals surface area contributed by atoms with Gasteiger partial charge in [0.1, 0.15) is 12.3 Å². The molecule has 1 unspecified atom stereocenters. The van der Waals surface area contributed by atoms with E-state index in [1.807, 2.05) is 43.4 Å². The number of carbonyl (C=O) groups is 1. The van der Waals surface area contributed by atoms with E-state index in [0.29, 0.717) is 12.5 Å². The van der Waals surface area contributed by atoms with Crippen molar-refractivity contribution in [3.63, 3.8) is 0 Å². The van der Waals surface area contributed by atoms with Crippen molar-refractivity contribution in [3.05, 3.63) is 59.7 Å². The summed E-state index contributed by atoms with van der Waals surface area (Å²) in [6.07, 6.45) is 0. The zero-order chi connectivity index (χ0) is 17.5. The van der Waals surface area contributed by atoms with E-state index in [2.05, 4.69) is 31.3 Å². The fraction of sp³-hybridized carbons (Fsp3) is 0.350. The van der Waals surface area contributed by atoms with Crippen LogP contribution in [-0.4, -0.2) is 26.6 Å². The van der Waals surface area contributed by atoms with Gasteiger partial charge in [-0.15, -0.1) is 0 Å². The van der Waals surface area contributed by atoms with Crippen LogP contribution in [0.25, 0.3) is 0 Å². The van der Waals surface area contributed by atoms with Crippen LogP contribution < -0.4 is 15.0 Å². The van der Waals surface area contributed by atoms with Gasteiger partial charge < -0.3 is 15.0 Å². The first kappa shape index (κ1) is 18.0. The second-order valence-corrected chi connectivity index (χ2v) is 6.48. The number of hydrogen-bond donors (Lipinski definition) is 2. The summed E-state index contributed by atoms with van der Waals surface area (Å²) in [4.78, 5) is 13.3. The van der Waals surface area contributed by atoms with Crippen LogP contribution in [0.2, 0.25) is 0 Å². The number of benzene rings is 2. The number of likely N-dealkylation sites (N-methyl/N-ethyl adjacent to an activating group) is 1. The molecule has 2 aromatic carbocycles. The number of rotatable bonds is 7. The van der Waals surface area contributed by atoms with Crippen molar-refractivity contribution in [1.82, 2.24) is 0 Å². The van der Waals surface area contributed by atoms with E-state index >= 15 is 0 Å². The first-order valence-electron chi connectivity index (χ1n) is 8.32. The maximum absolute atomic E-state index is 12.2. The standard InChI is InChI=1S/C20H26N2O2/c1-15(2)17-7-9-18(10-8-17)21-20(23)14-22(3)13-16-5-11-19(24-4)12-6-16/h5-12,15H,13-14H2,1-4H3,(H,21,23)/p+1. The lowest BCUT2D eigenvalue weighted by molar-refractivity contribution is -0.885. The average molecular weight is 327 g/mol. The van der Waals surface area contributed by atoms with Crippen molar-refractivity contribution in [1.29, 1.82) is 0 Å². The molecule has 0 aromatic heterocycles. The highest BCUT2D eigenvalue weighted by Gasteiger charge is 2.11. The Hall–Kier alpha value is -2.33. The highest BCUT2D eigenvalue weighted by molar-refractivity contribution is 5.91. The van der Waals surface area contributed by atoms with Crippen LogP contribution in [0.4, 0.5) is 5.69 Å². The molecule has 0 saturated carbocycles. The van der Waals surface area contributed by atoms with E-state index in [0.717, 1.165) is 22.9 Å². The molecule has 0 aliphatic rings. The number of amides is 1. The lowest BCUT2D eigenvalue weighted by Gasteiger charge is -2.14. The minimum Gasteiger partial charge on any atom is -0.497 e. The number of carbonyl (C=O) groups excluding carboxylic acids is 1. The predicted molar refractivity (Wildman–Crippen MR) is 97.6 cm³/mol. The van der Waals surface area contributed by atoms with Crippen LogP contribution in [0, 0.1) is 0 Å². The second-order valence-electron chi connectivity index (χ2n) is 6.48. The number of methoxy groups -OCH3 is 1. The molecule has 24 heavy (non-hydrogen) atoms. The van der Waals surface area contributed by atoms with Gasteiger partial charge in [-0.25, -0.2) is 0 Å². The van der Waals surface area contributed by atoms with Crippen LogP contribution in [0.15, 0.2) is 48.5 Å². The maximum Gasteiger partial charge on any atom is 0.279 e. The molecule has 0 aliphatic carbocycles. The maximum atomic E-state index is 12.2. The van der Waals surface area contributed by atoms with Crippen molar-refractivity contribution in [2.45, 2.75) is 26.3 Å². The van der Waals surface area contributed by atoms with Gasteiger partial charge in [-0.2, -0.15) is 0 Å². The Morgan fingerprint density at radius 2 is 1.71 bits per heavy atom. The SMILES string of the molecule is COc1ccc(C[NH+](C)CC(=O)Nc2ccc(C(C)C)cc2)cc1. The third-order valence-corrected chi connectivity index (χ3v) is 3.99. The Morgan fingerprint density at radius 3 is 2.25 bits per heavy atom. The summed E-state index contributed by atoms with van der Waals surface area (Å²) in [5, 5.41) is 2.96. The minimum absolute atomic E-state index is 0.0262. The van der Waals surface area contributed by atoms with Gasteiger partial charge in [0.15, 0.2) is 6.54 Å². The van der Waals surface area contributed by atoms with E-state index in [4.69, 9.17) is 4.74 Å². The van der Waals surface area contributed by atoms with Gasteiger partial charge in [-0.1, -0.05) is 26.0 Å². The molecule has 0 aliphatic heterocycles. The Labute approximate surface area is 144 Å². The number of anilines is 1. The first-order valence-corrected chi connectivity index (χ1v) is 8.32. The third kappa shape index (κ3) is 5.39. The van der Waals surface area contributed by atoms with Crippen LogP contribution in [0.5, 0.6) is 5.75 Å². The topological polar surface area (TPSA) is 42.8 Å². The lowest BCUT2D eigenvalue weighted by Crippen LogP contribution is -3.08. The number of nitrogens with one attached hydrogen (secondary N) is 2. The van der Waals surface area contributed by atoms with Gasteiger partial charge in [-0.05, 0) is 47.9 Å². The van der Waals surface area contributed by atoms with Crippen molar-refractivity contribution < 1.29 is 14.4 Å². The van der Waals surface area contributed by atoms with Crippen LogP contribution in [-0.2, 0) is 11.3 Å².